The molecule has 19 heavy (non-hydrogen) atoms. The summed E-state index contributed by atoms with van der Waals surface area (Å²) in [6.45, 7) is 2.13. The molecule has 0 N–H and O–H groups in total. The lowest BCUT2D eigenvalue weighted by atomic mass is 9.90. The van der Waals surface area contributed by atoms with Crippen LogP contribution in [0.5, 0.6) is 5.75 Å². The summed E-state index contributed by atoms with van der Waals surface area (Å²) in [5, 5.41) is 0. The van der Waals surface area contributed by atoms with Crippen LogP contribution in [-0.2, 0) is 6.42 Å². The Morgan fingerprint density at radius 1 is 1.05 bits per heavy atom. The summed E-state index contributed by atoms with van der Waals surface area (Å²) >= 11 is 0. The average molecular weight is 247 g/mol. The molecule has 0 saturated carbocycles. The first kappa shape index (κ1) is 10.6. The Morgan fingerprint density at radius 3 is 2.89 bits per heavy atom. The molecular weight excluding hydrogens is 234 g/mol. The first-order chi connectivity index (χ1) is 9.33. The van der Waals surface area contributed by atoms with Crippen molar-refractivity contribution in [3.8, 4) is 5.75 Å². The van der Waals surface area contributed by atoms with Crippen LogP contribution in [0.25, 0.3) is 0 Å². The van der Waals surface area contributed by atoms with Crippen LogP contribution in [0.1, 0.15) is 16.7 Å². The van der Waals surface area contributed by atoms with Crippen LogP contribution in [0, 0.1) is 6.92 Å². The number of allylic oxidation sites excluding steroid dienone is 2. The molecule has 92 valence electrons. The molecule has 1 aliphatic carbocycles. The van der Waals surface area contributed by atoms with E-state index in [1.165, 1.54) is 16.7 Å². The lowest BCUT2D eigenvalue weighted by molar-refractivity contribution is 0.447. The Kier molecular flexibility index (Phi) is 2.12. The van der Waals surface area contributed by atoms with Gasteiger partial charge in [-0.3, -0.25) is 0 Å². The molecule has 1 heterocycles. The van der Waals surface area contributed by atoms with Crippen LogP contribution in [0.4, 0.5) is 5.69 Å². The van der Waals surface area contributed by atoms with Crippen molar-refractivity contribution in [2.24, 2.45) is 4.99 Å². The number of fused-ring (bicyclic) bond motifs is 4. The van der Waals surface area contributed by atoms with Crippen molar-refractivity contribution in [2.45, 2.75) is 13.3 Å². The van der Waals surface area contributed by atoms with E-state index in [9.17, 15) is 0 Å². The minimum absolute atomic E-state index is 0.842. The molecule has 0 atom stereocenters. The number of aryl methyl sites for hydroxylation is 1. The van der Waals surface area contributed by atoms with Gasteiger partial charge in [0.15, 0.2) is 5.75 Å². The van der Waals surface area contributed by atoms with Gasteiger partial charge in [0.25, 0.3) is 0 Å². The second-order valence-electron chi connectivity index (χ2n) is 4.91. The lowest BCUT2D eigenvalue weighted by Gasteiger charge is -2.25. The lowest BCUT2D eigenvalue weighted by Crippen LogP contribution is -2.20. The van der Waals surface area contributed by atoms with Gasteiger partial charge in [0.2, 0.25) is 0 Å². The fraction of sp³-hybridized carbons (Fsp3) is 0.118. The number of aliphatic imine (C=N–C) groups is 1. The molecule has 0 saturated heterocycles. The van der Waals surface area contributed by atoms with Gasteiger partial charge in [-0.05, 0) is 42.7 Å². The van der Waals surface area contributed by atoms with Crippen molar-refractivity contribution >= 4 is 11.4 Å². The fourth-order valence-corrected chi connectivity index (χ4v) is 2.74. The summed E-state index contributed by atoms with van der Waals surface area (Å²) in [4.78, 5) is 4.79. The highest BCUT2D eigenvalue weighted by Crippen LogP contribution is 2.37. The summed E-state index contributed by atoms with van der Waals surface area (Å²) in [5.41, 5.74) is 5.69. The number of hydrogen-bond donors (Lipinski definition) is 0. The molecule has 0 radical (unpaired) electrons. The van der Waals surface area contributed by atoms with E-state index < -0.39 is 0 Å². The average Bonchev–Trinajstić information content (AvgIpc) is 2.45. The number of hydrogen-bond acceptors (Lipinski definition) is 2. The van der Waals surface area contributed by atoms with Crippen LogP contribution in [-0.4, -0.2) is 5.71 Å². The van der Waals surface area contributed by atoms with E-state index >= 15 is 0 Å². The summed E-state index contributed by atoms with van der Waals surface area (Å²) in [6, 6.07) is 14.3. The molecule has 0 fully saturated rings. The van der Waals surface area contributed by atoms with Crippen LogP contribution >= 0.6 is 0 Å². The highest BCUT2D eigenvalue weighted by atomic mass is 16.5. The number of ether oxygens (including phenoxy) is 1. The van der Waals surface area contributed by atoms with Crippen molar-refractivity contribution in [3.63, 3.8) is 0 Å². The van der Waals surface area contributed by atoms with Crippen molar-refractivity contribution in [2.75, 3.05) is 0 Å². The predicted molar refractivity (Wildman–Crippen MR) is 76.2 cm³/mol. The highest BCUT2D eigenvalue weighted by Gasteiger charge is 2.26. The van der Waals surface area contributed by atoms with Gasteiger partial charge in [-0.1, -0.05) is 30.3 Å². The number of benzene rings is 2. The van der Waals surface area contributed by atoms with Gasteiger partial charge < -0.3 is 4.74 Å². The summed E-state index contributed by atoms with van der Waals surface area (Å²) in [5.74, 6) is 1.73. The molecule has 0 bridgehead atoms. The maximum Gasteiger partial charge on any atom is 0.153 e. The molecule has 2 aliphatic rings. The Bertz CT molecular complexity index is 741. The third-order valence-electron chi connectivity index (χ3n) is 3.65. The first-order valence-corrected chi connectivity index (χ1v) is 6.48. The largest absolute Gasteiger partial charge is 0.453 e. The van der Waals surface area contributed by atoms with Crippen LogP contribution in [0.2, 0.25) is 0 Å². The molecule has 2 aromatic rings. The van der Waals surface area contributed by atoms with E-state index in [2.05, 4.69) is 31.2 Å². The molecule has 2 nitrogen and oxygen atoms in total. The van der Waals surface area contributed by atoms with Crippen molar-refractivity contribution in [1.82, 2.24) is 0 Å². The van der Waals surface area contributed by atoms with Gasteiger partial charge in [-0.15, -0.1) is 0 Å². The zero-order chi connectivity index (χ0) is 12.8. The normalized spacial score (nSPS) is 15.4. The van der Waals surface area contributed by atoms with Crippen molar-refractivity contribution in [3.05, 3.63) is 71.0 Å². The van der Waals surface area contributed by atoms with Crippen molar-refractivity contribution in [1.29, 1.82) is 0 Å². The molecule has 0 unspecified atom stereocenters. The molecule has 2 heteroatoms. The molecule has 4 rings (SSSR count). The highest BCUT2D eigenvalue weighted by molar-refractivity contribution is 6.16. The minimum atomic E-state index is 0.842. The number of rotatable bonds is 0. The van der Waals surface area contributed by atoms with Crippen LogP contribution in [0.3, 0.4) is 0 Å². The van der Waals surface area contributed by atoms with Crippen LogP contribution < -0.4 is 4.74 Å². The Morgan fingerprint density at radius 2 is 1.95 bits per heavy atom. The van der Waals surface area contributed by atoms with Gasteiger partial charge in [-0.2, -0.15) is 0 Å². The third kappa shape index (κ3) is 1.53. The van der Waals surface area contributed by atoms with Gasteiger partial charge >= 0.3 is 0 Å². The quantitative estimate of drug-likeness (QED) is 0.690. The van der Waals surface area contributed by atoms with E-state index in [1.807, 2.05) is 24.3 Å². The SMILES string of the molecule is Cc1cccc2c1C1=Nc3ccccc3OC1=CC2. The smallest absolute Gasteiger partial charge is 0.153 e. The topological polar surface area (TPSA) is 21.6 Å². The fourth-order valence-electron chi connectivity index (χ4n) is 2.74. The second kappa shape index (κ2) is 3.82. The first-order valence-electron chi connectivity index (χ1n) is 6.48. The molecule has 0 amide bonds. The third-order valence-corrected chi connectivity index (χ3v) is 3.65. The summed E-state index contributed by atoms with van der Waals surface area (Å²) < 4.78 is 5.98. The zero-order valence-electron chi connectivity index (χ0n) is 10.7. The number of para-hydroxylation sites is 2. The Balaban J connectivity index is 1.98. The van der Waals surface area contributed by atoms with Gasteiger partial charge in [-0.25, -0.2) is 4.99 Å². The van der Waals surface area contributed by atoms with E-state index in [1.54, 1.807) is 0 Å². The van der Waals surface area contributed by atoms with E-state index in [-0.39, 0.29) is 0 Å². The molecule has 2 aromatic carbocycles. The Labute approximate surface area is 112 Å². The Hall–Kier alpha value is -2.35. The van der Waals surface area contributed by atoms with Gasteiger partial charge in [0.1, 0.15) is 17.2 Å². The monoisotopic (exact) mass is 247 g/mol. The standard InChI is InChI=1S/C17H13NO/c1-11-5-4-6-12-9-10-15-17(16(11)12)18-13-7-2-3-8-14(13)19-15/h2-8,10H,9H2,1H3. The predicted octanol–water partition coefficient (Wildman–Crippen LogP) is 3.95. The maximum absolute atomic E-state index is 5.98. The van der Waals surface area contributed by atoms with Gasteiger partial charge in [0, 0.05) is 5.56 Å². The van der Waals surface area contributed by atoms with Crippen molar-refractivity contribution < 1.29 is 4.74 Å². The van der Waals surface area contributed by atoms with E-state index in [0.29, 0.717) is 0 Å². The molecule has 1 aliphatic heterocycles. The van der Waals surface area contributed by atoms with Crippen LogP contribution in [0.15, 0.2) is 59.3 Å². The number of nitrogens with zero attached hydrogens (tertiary/aromatic N) is 1. The minimum Gasteiger partial charge on any atom is -0.453 e. The maximum atomic E-state index is 5.98. The second-order valence-corrected chi connectivity index (χ2v) is 4.91. The molecule has 0 aromatic heterocycles. The van der Waals surface area contributed by atoms with Gasteiger partial charge in [0.05, 0.1) is 0 Å². The summed E-state index contributed by atoms with van der Waals surface area (Å²) in [7, 11) is 0. The molecule has 0 spiro atoms. The zero-order valence-corrected chi connectivity index (χ0v) is 10.7. The van der Waals surface area contributed by atoms with E-state index in [0.717, 1.165) is 29.3 Å². The molecular formula is C17H13NO. The van der Waals surface area contributed by atoms with E-state index in [4.69, 9.17) is 9.73 Å². The summed E-state index contributed by atoms with van der Waals surface area (Å²) in [6.07, 6.45) is 3.03.